The summed E-state index contributed by atoms with van der Waals surface area (Å²) in [7, 11) is 0. The normalized spacial score (nSPS) is 19.7. The van der Waals surface area contributed by atoms with Crippen molar-refractivity contribution in [1.82, 2.24) is 14.9 Å². The molecule has 0 bridgehead atoms. The van der Waals surface area contributed by atoms with Gasteiger partial charge in [-0.2, -0.15) is 0 Å². The van der Waals surface area contributed by atoms with Gasteiger partial charge in [0.1, 0.15) is 10.7 Å². The summed E-state index contributed by atoms with van der Waals surface area (Å²) in [5.41, 5.74) is 0.616. The number of ketones is 1. The molecular weight excluding hydrogens is 298 g/mol. The van der Waals surface area contributed by atoms with Gasteiger partial charge in [0.2, 0.25) is 0 Å². The number of piperidine rings is 1. The van der Waals surface area contributed by atoms with Gasteiger partial charge in [-0.25, -0.2) is 4.98 Å². The lowest BCUT2D eigenvalue weighted by Gasteiger charge is -2.32. The molecule has 6 heteroatoms. The second kappa shape index (κ2) is 5.93. The van der Waals surface area contributed by atoms with Crippen molar-refractivity contribution in [2.75, 3.05) is 6.54 Å². The molecule has 3 heterocycles. The molecule has 1 aliphatic rings. The minimum absolute atomic E-state index is 0.00824. The smallest absolute Gasteiger partial charge is 0.259 e. The molecule has 1 atom stereocenters. The number of nitrogens with one attached hydrogen (secondary N) is 1. The van der Waals surface area contributed by atoms with Crippen LogP contribution < -0.4 is 5.56 Å². The van der Waals surface area contributed by atoms with Crippen molar-refractivity contribution in [3.63, 3.8) is 0 Å². The van der Waals surface area contributed by atoms with Crippen LogP contribution in [0, 0.1) is 6.92 Å². The minimum atomic E-state index is -0.133. The van der Waals surface area contributed by atoms with Crippen molar-refractivity contribution in [3.8, 4) is 0 Å². The van der Waals surface area contributed by atoms with Gasteiger partial charge in [0, 0.05) is 6.04 Å². The van der Waals surface area contributed by atoms with Crippen LogP contribution in [0.2, 0.25) is 0 Å². The summed E-state index contributed by atoms with van der Waals surface area (Å²) in [6, 6.07) is 0.521. The van der Waals surface area contributed by atoms with E-state index in [9.17, 15) is 9.59 Å². The van der Waals surface area contributed by atoms with Gasteiger partial charge in [-0.1, -0.05) is 6.42 Å². The molecule has 0 aliphatic carbocycles. The first-order valence-corrected chi connectivity index (χ1v) is 8.56. The van der Waals surface area contributed by atoms with E-state index >= 15 is 0 Å². The summed E-state index contributed by atoms with van der Waals surface area (Å²) in [5, 5.41) is 0.561. The number of fused-ring (bicyclic) bond motifs is 1. The first-order chi connectivity index (χ1) is 10.5. The number of aromatic nitrogens is 2. The van der Waals surface area contributed by atoms with E-state index in [1.807, 2.05) is 6.92 Å². The summed E-state index contributed by atoms with van der Waals surface area (Å²) in [6.07, 6.45) is 3.66. The molecule has 0 radical (unpaired) electrons. The molecule has 2 aromatic heterocycles. The van der Waals surface area contributed by atoms with Gasteiger partial charge in [0.25, 0.3) is 5.56 Å². The second-order valence-electron chi connectivity index (χ2n) is 6.12. The number of H-pyrrole nitrogens is 1. The number of Topliss-reactive ketones (excluding diaryl/α,β-unsaturated/α-hetero) is 1. The Balaban J connectivity index is 1.98. The van der Waals surface area contributed by atoms with Crippen LogP contribution in [-0.4, -0.2) is 33.2 Å². The standard InChI is InChI=1S/C16H21N3O2S/c1-9-6-4-5-7-19(9)8-12-17-15(21)13-10(2)14(11(3)20)22-16(13)18-12/h9H,4-8H2,1-3H3,(H,17,18,21). The third kappa shape index (κ3) is 2.73. The van der Waals surface area contributed by atoms with E-state index in [1.165, 1.54) is 37.5 Å². The molecule has 1 aliphatic heterocycles. The van der Waals surface area contributed by atoms with E-state index in [1.54, 1.807) is 0 Å². The van der Waals surface area contributed by atoms with E-state index in [0.717, 1.165) is 12.1 Å². The maximum atomic E-state index is 12.4. The topological polar surface area (TPSA) is 66.1 Å². The van der Waals surface area contributed by atoms with Gasteiger partial charge < -0.3 is 4.98 Å². The van der Waals surface area contributed by atoms with Crippen LogP contribution in [0.3, 0.4) is 0 Å². The van der Waals surface area contributed by atoms with E-state index < -0.39 is 0 Å². The first-order valence-electron chi connectivity index (χ1n) is 7.74. The van der Waals surface area contributed by atoms with Gasteiger partial charge in [-0.05, 0) is 45.7 Å². The molecule has 118 valence electrons. The van der Waals surface area contributed by atoms with Crippen molar-refractivity contribution >= 4 is 27.3 Å². The summed E-state index contributed by atoms with van der Waals surface area (Å²) >= 11 is 1.32. The number of aryl methyl sites for hydroxylation is 1. The predicted molar refractivity (Wildman–Crippen MR) is 88.7 cm³/mol. The number of carbonyl (C=O) groups is 1. The van der Waals surface area contributed by atoms with E-state index in [4.69, 9.17) is 0 Å². The average Bonchev–Trinajstić information content (AvgIpc) is 2.79. The Labute approximate surface area is 133 Å². The Morgan fingerprint density at radius 2 is 2.23 bits per heavy atom. The maximum absolute atomic E-state index is 12.4. The SMILES string of the molecule is CC(=O)c1sc2nc(CN3CCCCC3C)[nH]c(=O)c2c1C. The fourth-order valence-electron chi connectivity index (χ4n) is 3.18. The largest absolute Gasteiger partial charge is 0.309 e. The molecular formula is C16H21N3O2S. The molecule has 0 saturated carbocycles. The highest BCUT2D eigenvalue weighted by Crippen LogP contribution is 2.27. The molecule has 0 aromatic carbocycles. The van der Waals surface area contributed by atoms with Crippen LogP contribution in [0.15, 0.2) is 4.79 Å². The Bertz CT molecular complexity index is 778. The molecule has 0 spiro atoms. The number of likely N-dealkylation sites (tertiary alicyclic amines) is 1. The molecule has 22 heavy (non-hydrogen) atoms. The molecule has 5 nitrogen and oxygen atoms in total. The molecule has 0 amide bonds. The lowest BCUT2D eigenvalue weighted by molar-refractivity contribution is 0.102. The number of nitrogens with zero attached hydrogens (tertiary/aromatic N) is 2. The molecule has 1 N–H and O–H groups in total. The Hall–Kier alpha value is -1.53. The fourth-order valence-corrected chi connectivity index (χ4v) is 4.28. The zero-order valence-electron chi connectivity index (χ0n) is 13.2. The van der Waals surface area contributed by atoms with E-state index in [2.05, 4.69) is 21.8 Å². The zero-order chi connectivity index (χ0) is 15.9. The van der Waals surface area contributed by atoms with Crippen molar-refractivity contribution in [3.05, 3.63) is 26.6 Å². The maximum Gasteiger partial charge on any atom is 0.259 e. The van der Waals surface area contributed by atoms with Crippen LogP contribution in [0.5, 0.6) is 0 Å². The lowest BCUT2D eigenvalue weighted by atomic mass is 10.0. The highest BCUT2D eigenvalue weighted by atomic mass is 32.1. The quantitative estimate of drug-likeness (QED) is 0.884. The second-order valence-corrected chi connectivity index (χ2v) is 7.12. The number of thiophene rings is 1. The van der Waals surface area contributed by atoms with E-state index in [-0.39, 0.29) is 11.3 Å². The molecule has 1 fully saturated rings. The van der Waals surface area contributed by atoms with Crippen molar-refractivity contribution in [1.29, 1.82) is 0 Å². The number of aromatic amines is 1. The van der Waals surface area contributed by atoms with Crippen LogP contribution in [0.1, 0.15) is 54.2 Å². The zero-order valence-corrected chi connectivity index (χ0v) is 14.0. The summed E-state index contributed by atoms with van der Waals surface area (Å²) < 4.78 is 0. The third-order valence-electron chi connectivity index (χ3n) is 4.46. The van der Waals surface area contributed by atoms with Gasteiger partial charge >= 0.3 is 0 Å². The van der Waals surface area contributed by atoms with Crippen LogP contribution in [-0.2, 0) is 6.54 Å². The lowest BCUT2D eigenvalue weighted by Crippen LogP contribution is -2.37. The molecule has 1 saturated heterocycles. The average molecular weight is 319 g/mol. The monoisotopic (exact) mass is 319 g/mol. The Kier molecular flexibility index (Phi) is 4.14. The summed E-state index contributed by atoms with van der Waals surface area (Å²) in [5.74, 6) is 0.689. The molecule has 1 unspecified atom stereocenters. The van der Waals surface area contributed by atoms with Gasteiger partial charge in [0.05, 0.1) is 16.8 Å². The van der Waals surface area contributed by atoms with Gasteiger partial charge in [-0.15, -0.1) is 11.3 Å². The summed E-state index contributed by atoms with van der Waals surface area (Å²) in [4.78, 5) is 35.2. The number of rotatable bonds is 3. The van der Waals surface area contributed by atoms with Crippen LogP contribution in [0.25, 0.3) is 10.2 Å². The number of carbonyl (C=O) groups excluding carboxylic acids is 1. The first kappa shape index (κ1) is 15.4. The fraction of sp³-hybridized carbons (Fsp3) is 0.562. The van der Waals surface area contributed by atoms with Crippen molar-refractivity contribution in [2.24, 2.45) is 0 Å². The Morgan fingerprint density at radius 3 is 2.91 bits per heavy atom. The van der Waals surface area contributed by atoms with Crippen LogP contribution >= 0.6 is 11.3 Å². The minimum Gasteiger partial charge on any atom is -0.309 e. The molecule has 3 rings (SSSR count). The van der Waals surface area contributed by atoms with Crippen molar-refractivity contribution < 1.29 is 4.79 Å². The number of hydrogen-bond acceptors (Lipinski definition) is 5. The van der Waals surface area contributed by atoms with E-state index in [0.29, 0.717) is 33.5 Å². The van der Waals surface area contributed by atoms with Crippen molar-refractivity contribution in [2.45, 2.75) is 52.6 Å². The van der Waals surface area contributed by atoms with Gasteiger partial charge in [-0.3, -0.25) is 14.5 Å². The highest BCUT2D eigenvalue weighted by Gasteiger charge is 2.21. The summed E-state index contributed by atoms with van der Waals surface area (Å²) in [6.45, 7) is 7.28. The van der Waals surface area contributed by atoms with Gasteiger partial charge in [0.15, 0.2) is 5.78 Å². The third-order valence-corrected chi connectivity index (χ3v) is 5.75. The highest BCUT2D eigenvalue weighted by molar-refractivity contribution is 7.20. The number of hydrogen-bond donors (Lipinski definition) is 1. The predicted octanol–water partition coefficient (Wildman–Crippen LogP) is 2.87. The molecule has 2 aromatic rings. The Morgan fingerprint density at radius 1 is 1.45 bits per heavy atom. The van der Waals surface area contributed by atoms with Crippen LogP contribution in [0.4, 0.5) is 0 Å².